The van der Waals surface area contributed by atoms with Gasteiger partial charge in [0.25, 0.3) is 0 Å². The van der Waals surface area contributed by atoms with Gasteiger partial charge in [0.05, 0.1) is 18.1 Å². The molecule has 5 heteroatoms. The Bertz CT molecular complexity index is 803. The molecule has 0 fully saturated rings. The van der Waals surface area contributed by atoms with Gasteiger partial charge in [0.1, 0.15) is 17.4 Å². The lowest BCUT2D eigenvalue weighted by molar-refractivity contribution is 0.415. The molecule has 0 amide bonds. The molecule has 0 saturated heterocycles. The second-order valence-corrected chi connectivity index (χ2v) is 5.18. The molecule has 22 heavy (non-hydrogen) atoms. The number of benzene rings is 1. The predicted octanol–water partition coefficient (Wildman–Crippen LogP) is 3.20. The number of nitrogens with one attached hydrogen (secondary N) is 1. The highest BCUT2D eigenvalue weighted by atomic mass is 16.5. The molecule has 0 aliphatic heterocycles. The number of hydrogen-bond acceptors (Lipinski definition) is 4. The molecule has 0 unspecified atom stereocenters. The number of ether oxygens (including phenoxy) is 1. The third kappa shape index (κ3) is 2.93. The van der Waals surface area contributed by atoms with Crippen molar-refractivity contribution in [2.45, 2.75) is 0 Å². The molecular formula is C17H18N4O. The summed E-state index contributed by atoms with van der Waals surface area (Å²) in [6, 6.07) is 9.80. The fourth-order valence-electron chi connectivity index (χ4n) is 2.15. The quantitative estimate of drug-likeness (QED) is 0.803. The molecule has 2 heterocycles. The van der Waals surface area contributed by atoms with E-state index >= 15 is 0 Å². The molecular weight excluding hydrogens is 276 g/mol. The average Bonchev–Trinajstić information content (AvgIpc) is 2.95. The number of aromatic nitrogens is 3. The van der Waals surface area contributed by atoms with Crippen molar-refractivity contribution in [2.24, 2.45) is 0 Å². The molecule has 112 valence electrons. The van der Waals surface area contributed by atoms with Crippen molar-refractivity contribution in [1.29, 1.82) is 0 Å². The number of methoxy groups -OCH3 is 1. The normalized spacial score (nSPS) is 11.2. The first kappa shape index (κ1) is 14.1. The van der Waals surface area contributed by atoms with Gasteiger partial charge in [0.15, 0.2) is 0 Å². The van der Waals surface area contributed by atoms with Crippen LogP contribution < -0.4 is 9.64 Å². The molecule has 0 bridgehead atoms. The van der Waals surface area contributed by atoms with Crippen molar-refractivity contribution in [2.75, 3.05) is 26.1 Å². The third-order valence-electron chi connectivity index (χ3n) is 3.37. The fourth-order valence-corrected chi connectivity index (χ4v) is 2.15. The van der Waals surface area contributed by atoms with E-state index in [0.717, 1.165) is 34.0 Å². The van der Waals surface area contributed by atoms with Gasteiger partial charge in [-0.05, 0) is 42.0 Å². The van der Waals surface area contributed by atoms with Crippen molar-refractivity contribution in [3.63, 3.8) is 0 Å². The first-order valence-electron chi connectivity index (χ1n) is 7.01. The minimum absolute atomic E-state index is 0.805. The van der Waals surface area contributed by atoms with Crippen molar-refractivity contribution in [3.8, 4) is 5.75 Å². The number of H-pyrrole nitrogens is 1. The van der Waals surface area contributed by atoms with Crippen LogP contribution >= 0.6 is 0 Å². The summed E-state index contributed by atoms with van der Waals surface area (Å²) in [5.74, 6) is 2.56. The lowest BCUT2D eigenvalue weighted by Gasteiger charge is -2.10. The largest absolute Gasteiger partial charge is 0.497 e. The minimum Gasteiger partial charge on any atom is -0.497 e. The summed E-state index contributed by atoms with van der Waals surface area (Å²) in [7, 11) is 5.60. The number of rotatable bonds is 4. The van der Waals surface area contributed by atoms with Gasteiger partial charge in [-0.3, -0.25) is 0 Å². The first-order chi connectivity index (χ1) is 10.7. The van der Waals surface area contributed by atoms with Crippen LogP contribution in [0.3, 0.4) is 0 Å². The van der Waals surface area contributed by atoms with E-state index in [4.69, 9.17) is 4.74 Å². The van der Waals surface area contributed by atoms with Crippen LogP contribution in [0.4, 0.5) is 5.82 Å². The first-order valence-corrected chi connectivity index (χ1v) is 7.01. The molecule has 0 saturated carbocycles. The maximum absolute atomic E-state index is 5.21. The Hall–Kier alpha value is -2.82. The number of fused-ring (bicyclic) bond motifs is 1. The monoisotopic (exact) mass is 294 g/mol. The molecule has 1 N–H and O–H groups in total. The highest BCUT2D eigenvalue weighted by molar-refractivity contribution is 5.80. The predicted molar refractivity (Wildman–Crippen MR) is 90.1 cm³/mol. The molecule has 5 nitrogen and oxygen atoms in total. The standard InChI is InChI=1S/C17H18N4O/c1-21(2)17-9-5-12(11-18-17)4-8-16-19-14-7-6-13(22-3)10-15(14)20-16/h4-11H,1-3H3,(H,19,20)/b8-4+. The van der Waals surface area contributed by atoms with Gasteiger partial charge in [0.2, 0.25) is 0 Å². The average molecular weight is 294 g/mol. The summed E-state index contributed by atoms with van der Waals surface area (Å²) in [4.78, 5) is 14.1. The van der Waals surface area contributed by atoms with E-state index in [1.807, 2.05) is 67.7 Å². The number of aromatic amines is 1. The van der Waals surface area contributed by atoms with E-state index in [2.05, 4.69) is 15.0 Å². The van der Waals surface area contributed by atoms with Gasteiger partial charge < -0.3 is 14.6 Å². The van der Waals surface area contributed by atoms with Crippen molar-refractivity contribution >= 4 is 29.0 Å². The Morgan fingerprint density at radius 3 is 2.68 bits per heavy atom. The second-order valence-electron chi connectivity index (χ2n) is 5.18. The van der Waals surface area contributed by atoms with Gasteiger partial charge in [-0.25, -0.2) is 9.97 Å². The summed E-state index contributed by atoms with van der Waals surface area (Å²) < 4.78 is 5.21. The van der Waals surface area contributed by atoms with Crippen LogP contribution in [0.15, 0.2) is 36.5 Å². The molecule has 0 radical (unpaired) electrons. The summed E-state index contributed by atoms with van der Waals surface area (Å²) in [6.07, 6.45) is 5.78. The number of imidazole rings is 1. The van der Waals surface area contributed by atoms with Crippen molar-refractivity contribution in [3.05, 3.63) is 47.9 Å². The Morgan fingerprint density at radius 1 is 1.14 bits per heavy atom. The van der Waals surface area contributed by atoms with Crippen LogP contribution in [0.25, 0.3) is 23.2 Å². The Kier molecular flexibility index (Phi) is 3.78. The summed E-state index contributed by atoms with van der Waals surface area (Å²) >= 11 is 0. The topological polar surface area (TPSA) is 54.0 Å². The summed E-state index contributed by atoms with van der Waals surface area (Å²) in [5, 5.41) is 0. The number of pyridine rings is 1. The zero-order chi connectivity index (χ0) is 15.5. The van der Waals surface area contributed by atoms with Gasteiger partial charge in [-0.1, -0.05) is 0 Å². The van der Waals surface area contributed by atoms with E-state index in [1.165, 1.54) is 0 Å². The fraction of sp³-hybridized carbons (Fsp3) is 0.176. The van der Waals surface area contributed by atoms with Crippen LogP contribution in [0, 0.1) is 0 Å². The van der Waals surface area contributed by atoms with Gasteiger partial charge in [0, 0.05) is 26.4 Å². The number of hydrogen-bond donors (Lipinski definition) is 1. The van der Waals surface area contributed by atoms with Crippen molar-refractivity contribution in [1.82, 2.24) is 15.0 Å². The molecule has 0 atom stereocenters. The van der Waals surface area contributed by atoms with Crippen LogP contribution in [0.2, 0.25) is 0 Å². The summed E-state index contributed by atoms with van der Waals surface area (Å²) in [6.45, 7) is 0. The maximum atomic E-state index is 5.21. The SMILES string of the molecule is COc1ccc2nc(/C=C/c3ccc(N(C)C)nc3)[nH]c2c1. The van der Waals surface area contributed by atoms with E-state index < -0.39 is 0 Å². The minimum atomic E-state index is 0.805. The van der Waals surface area contributed by atoms with Crippen LogP contribution in [-0.4, -0.2) is 36.2 Å². The zero-order valence-corrected chi connectivity index (χ0v) is 12.9. The molecule has 1 aromatic carbocycles. The Balaban J connectivity index is 1.82. The maximum Gasteiger partial charge on any atom is 0.131 e. The van der Waals surface area contributed by atoms with Gasteiger partial charge >= 0.3 is 0 Å². The Morgan fingerprint density at radius 2 is 2.00 bits per heavy atom. The lowest BCUT2D eigenvalue weighted by Crippen LogP contribution is -2.09. The van der Waals surface area contributed by atoms with Crippen LogP contribution in [-0.2, 0) is 0 Å². The van der Waals surface area contributed by atoms with E-state index in [1.54, 1.807) is 7.11 Å². The lowest BCUT2D eigenvalue weighted by atomic mass is 10.2. The van der Waals surface area contributed by atoms with E-state index in [0.29, 0.717) is 0 Å². The second kappa shape index (κ2) is 5.89. The molecule has 3 aromatic rings. The smallest absolute Gasteiger partial charge is 0.131 e. The Labute approximate surface area is 129 Å². The van der Waals surface area contributed by atoms with Gasteiger partial charge in [-0.15, -0.1) is 0 Å². The summed E-state index contributed by atoms with van der Waals surface area (Å²) in [5.41, 5.74) is 2.91. The van der Waals surface area contributed by atoms with Crippen LogP contribution in [0.1, 0.15) is 11.4 Å². The molecule has 0 aliphatic carbocycles. The highest BCUT2D eigenvalue weighted by Gasteiger charge is 2.02. The number of anilines is 1. The molecule has 3 rings (SSSR count). The zero-order valence-electron chi connectivity index (χ0n) is 12.9. The molecule has 0 aliphatic rings. The van der Waals surface area contributed by atoms with E-state index in [-0.39, 0.29) is 0 Å². The highest BCUT2D eigenvalue weighted by Crippen LogP contribution is 2.19. The number of nitrogens with zero attached hydrogens (tertiary/aromatic N) is 3. The van der Waals surface area contributed by atoms with Crippen LogP contribution in [0.5, 0.6) is 5.75 Å². The third-order valence-corrected chi connectivity index (χ3v) is 3.37. The van der Waals surface area contributed by atoms with Gasteiger partial charge in [-0.2, -0.15) is 0 Å². The van der Waals surface area contributed by atoms with Crippen molar-refractivity contribution < 1.29 is 4.74 Å². The molecule has 0 spiro atoms. The van der Waals surface area contributed by atoms with E-state index in [9.17, 15) is 0 Å². The molecule has 2 aromatic heterocycles.